The number of ether oxygens (including phenoxy) is 1. The maximum Gasteiger partial charge on any atom is 0.264 e. The smallest absolute Gasteiger partial charge is 0.264 e. The van der Waals surface area contributed by atoms with Gasteiger partial charge in [0.05, 0.1) is 17.7 Å². The van der Waals surface area contributed by atoms with Gasteiger partial charge in [-0.15, -0.1) is 0 Å². The SMILES string of the molecule is COc1ccc(S(=O)(=O)N(CC(=O)N(Cc2ccc(Cl)cc2Cl)[C@@H](Cc2ccccc2)C(=O)NC2CCCCC2)c2ccc(C)cc2)cc1. The highest BCUT2D eigenvalue weighted by molar-refractivity contribution is 7.92. The molecule has 1 aliphatic rings. The fraction of sp³-hybridized carbons (Fsp3) is 0.316. The second-order valence-corrected chi connectivity index (χ2v) is 15.0. The van der Waals surface area contributed by atoms with Crippen molar-refractivity contribution in [2.24, 2.45) is 0 Å². The van der Waals surface area contributed by atoms with Gasteiger partial charge in [0, 0.05) is 29.1 Å². The third-order valence-electron chi connectivity index (χ3n) is 8.83. The first-order valence-corrected chi connectivity index (χ1v) is 18.6. The monoisotopic (exact) mass is 721 g/mol. The molecule has 8 nitrogen and oxygen atoms in total. The minimum absolute atomic E-state index is 0.00454. The number of halogens is 2. The molecule has 4 aromatic rings. The van der Waals surface area contributed by atoms with Gasteiger partial charge in [-0.05, 0) is 79.4 Å². The van der Waals surface area contributed by atoms with Crippen molar-refractivity contribution in [1.29, 1.82) is 0 Å². The summed E-state index contributed by atoms with van der Waals surface area (Å²) in [5.74, 6) is -0.367. The summed E-state index contributed by atoms with van der Waals surface area (Å²) in [6.45, 7) is 1.29. The number of carbonyl (C=O) groups is 2. The van der Waals surface area contributed by atoms with Crippen LogP contribution in [0.25, 0.3) is 0 Å². The lowest BCUT2D eigenvalue weighted by molar-refractivity contribution is -0.140. The summed E-state index contributed by atoms with van der Waals surface area (Å²) in [4.78, 5) is 30.4. The molecule has 0 bridgehead atoms. The Bertz CT molecular complexity index is 1830. The molecule has 258 valence electrons. The minimum Gasteiger partial charge on any atom is -0.497 e. The van der Waals surface area contributed by atoms with Gasteiger partial charge in [0.25, 0.3) is 10.0 Å². The van der Waals surface area contributed by atoms with Crippen molar-refractivity contribution in [3.05, 3.63) is 124 Å². The van der Waals surface area contributed by atoms with Crippen molar-refractivity contribution in [3.8, 4) is 5.75 Å². The Labute approximate surface area is 299 Å². The second-order valence-electron chi connectivity index (χ2n) is 12.3. The molecular formula is C38H41Cl2N3O5S. The van der Waals surface area contributed by atoms with Crippen LogP contribution >= 0.6 is 23.2 Å². The lowest BCUT2D eigenvalue weighted by Gasteiger charge is -2.35. The van der Waals surface area contributed by atoms with Crippen LogP contribution in [0, 0.1) is 6.92 Å². The van der Waals surface area contributed by atoms with E-state index >= 15 is 0 Å². The minimum atomic E-state index is -4.25. The van der Waals surface area contributed by atoms with Gasteiger partial charge in [0.2, 0.25) is 11.8 Å². The Morgan fingerprint density at radius 3 is 2.20 bits per heavy atom. The van der Waals surface area contributed by atoms with Gasteiger partial charge in [0.15, 0.2) is 0 Å². The summed E-state index contributed by atoms with van der Waals surface area (Å²) in [6.07, 6.45) is 5.10. The van der Waals surface area contributed by atoms with Crippen LogP contribution in [0.5, 0.6) is 5.75 Å². The van der Waals surface area contributed by atoms with Gasteiger partial charge in [-0.3, -0.25) is 13.9 Å². The van der Waals surface area contributed by atoms with Crippen LogP contribution in [0.2, 0.25) is 10.0 Å². The molecule has 1 saturated carbocycles. The summed E-state index contributed by atoms with van der Waals surface area (Å²) in [5.41, 5.74) is 2.67. The number of nitrogens with one attached hydrogen (secondary N) is 1. The number of amides is 2. The predicted octanol–water partition coefficient (Wildman–Crippen LogP) is 7.59. The zero-order chi connectivity index (χ0) is 35.0. The van der Waals surface area contributed by atoms with Crippen LogP contribution in [0.15, 0.2) is 102 Å². The van der Waals surface area contributed by atoms with Crippen molar-refractivity contribution >= 4 is 50.7 Å². The fourth-order valence-electron chi connectivity index (χ4n) is 6.05. The highest BCUT2D eigenvalue weighted by Gasteiger charge is 2.35. The maximum atomic E-state index is 14.7. The van der Waals surface area contributed by atoms with Crippen molar-refractivity contribution < 1.29 is 22.7 Å². The van der Waals surface area contributed by atoms with Crippen molar-refractivity contribution in [2.75, 3.05) is 18.0 Å². The summed E-state index contributed by atoms with van der Waals surface area (Å²) >= 11 is 12.8. The Morgan fingerprint density at radius 1 is 0.898 bits per heavy atom. The Hall–Kier alpha value is -4.05. The van der Waals surface area contributed by atoms with Crippen molar-refractivity contribution in [3.63, 3.8) is 0 Å². The van der Waals surface area contributed by atoms with Gasteiger partial charge in [-0.25, -0.2) is 8.42 Å². The van der Waals surface area contributed by atoms with Crippen LogP contribution < -0.4 is 14.4 Å². The Kier molecular flexibility index (Phi) is 12.3. The van der Waals surface area contributed by atoms with Gasteiger partial charge in [-0.2, -0.15) is 0 Å². The molecule has 5 rings (SSSR count). The van der Waals surface area contributed by atoms with Crippen LogP contribution in [0.1, 0.15) is 48.8 Å². The molecule has 1 N–H and O–H groups in total. The first-order valence-electron chi connectivity index (χ1n) is 16.4. The zero-order valence-corrected chi connectivity index (χ0v) is 30.0. The average Bonchev–Trinajstić information content (AvgIpc) is 3.10. The molecular weight excluding hydrogens is 681 g/mol. The van der Waals surface area contributed by atoms with E-state index < -0.39 is 28.5 Å². The third-order valence-corrected chi connectivity index (χ3v) is 11.2. The van der Waals surface area contributed by atoms with Gasteiger partial charge < -0.3 is 15.0 Å². The highest BCUT2D eigenvalue weighted by Crippen LogP contribution is 2.28. The number of nitrogens with zero attached hydrogens (tertiary/aromatic N) is 2. The maximum absolute atomic E-state index is 14.7. The number of carbonyl (C=O) groups excluding carboxylic acids is 2. The molecule has 11 heteroatoms. The molecule has 0 radical (unpaired) electrons. The first kappa shape index (κ1) is 36.2. The molecule has 0 unspecified atom stereocenters. The molecule has 1 fully saturated rings. The van der Waals surface area contributed by atoms with E-state index in [0.717, 1.165) is 47.5 Å². The average molecular weight is 723 g/mol. The number of hydrogen-bond donors (Lipinski definition) is 1. The van der Waals surface area contributed by atoms with Crippen molar-refractivity contribution in [2.45, 2.75) is 69.0 Å². The van der Waals surface area contributed by atoms with E-state index in [0.29, 0.717) is 27.0 Å². The quantitative estimate of drug-likeness (QED) is 0.154. The molecule has 0 spiro atoms. The highest BCUT2D eigenvalue weighted by atomic mass is 35.5. The number of anilines is 1. The number of sulfonamides is 1. The molecule has 1 atom stereocenters. The van der Waals surface area contributed by atoms with Crippen LogP contribution in [0.3, 0.4) is 0 Å². The topological polar surface area (TPSA) is 96.0 Å². The Morgan fingerprint density at radius 2 is 1.57 bits per heavy atom. The van der Waals surface area contributed by atoms with Gasteiger partial charge in [-0.1, -0.05) is 96.6 Å². The number of methoxy groups -OCH3 is 1. The van der Waals surface area contributed by atoms with Crippen molar-refractivity contribution in [1.82, 2.24) is 10.2 Å². The van der Waals surface area contributed by atoms with E-state index in [1.54, 1.807) is 54.6 Å². The second kappa shape index (κ2) is 16.6. The zero-order valence-electron chi connectivity index (χ0n) is 27.6. The molecule has 2 amide bonds. The van der Waals surface area contributed by atoms with E-state index in [9.17, 15) is 18.0 Å². The van der Waals surface area contributed by atoms with Crippen LogP contribution in [-0.2, 0) is 32.6 Å². The van der Waals surface area contributed by atoms with Crippen LogP contribution in [0.4, 0.5) is 5.69 Å². The number of rotatable bonds is 13. The fourth-order valence-corrected chi connectivity index (χ4v) is 7.93. The molecule has 49 heavy (non-hydrogen) atoms. The lowest BCUT2D eigenvalue weighted by atomic mass is 9.94. The van der Waals surface area contributed by atoms with E-state index in [1.807, 2.05) is 37.3 Å². The standard InChI is InChI=1S/C38H41Cl2N3O5S/c1-27-13-17-32(18-14-27)43(49(46,47)34-21-19-33(48-2)20-22-34)26-37(44)42(25-29-15-16-30(39)24-35(29)40)36(23-28-9-5-3-6-10-28)38(45)41-31-11-7-4-8-12-31/h3,5-6,9-10,13-22,24,31,36H,4,7-8,11-12,23,25-26H2,1-2H3,(H,41,45)/t36-/m0/s1. The van der Waals surface area contributed by atoms with Crippen LogP contribution in [-0.4, -0.2) is 50.9 Å². The van der Waals surface area contributed by atoms with E-state index in [4.69, 9.17) is 27.9 Å². The lowest BCUT2D eigenvalue weighted by Crippen LogP contribution is -2.55. The number of hydrogen-bond acceptors (Lipinski definition) is 5. The van der Waals surface area contributed by atoms with Gasteiger partial charge in [0.1, 0.15) is 18.3 Å². The summed E-state index contributed by atoms with van der Waals surface area (Å²) in [6, 6.07) is 26.4. The number of aryl methyl sites for hydroxylation is 1. The summed E-state index contributed by atoms with van der Waals surface area (Å²) in [7, 11) is -2.75. The van der Waals surface area contributed by atoms with E-state index in [1.165, 1.54) is 24.1 Å². The molecule has 0 aromatic heterocycles. The normalized spacial score (nSPS) is 14.1. The number of benzene rings is 4. The molecule has 0 saturated heterocycles. The third kappa shape index (κ3) is 9.35. The van der Waals surface area contributed by atoms with E-state index in [-0.39, 0.29) is 29.8 Å². The summed E-state index contributed by atoms with van der Waals surface area (Å²) in [5, 5.41) is 3.97. The van der Waals surface area contributed by atoms with E-state index in [2.05, 4.69) is 5.32 Å². The molecule has 0 heterocycles. The van der Waals surface area contributed by atoms with Gasteiger partial charge >= 0.3 is 0 Å². The Balaban J connectivity index is 1.57. The molecule has 0 aliphatic heterocycles. The summed E-state index contributed by atoms with van der Waals surface area (Å²) < 4.78 is 34.9. The largest absolute Gasteiger partial charge is 0.497 e. The molecule has 4 aromatic carbocycles. The molecule has 1 aliphatic carbocycles. The predicted molar refractivity (Wildman–Crippen MR) is 195 cm³/mol. The first-order chi connectivity index (χ1) is 23.5.